The van der Waals surface area contributed by atoms with E-state index in [1.54, 1.807) is 27.7 Å². The zero-order valence-corrected chi connectivity index (χ0v) is 57.0. The largest absolute Gasteiger partial charge is 0.394 e. The van der Waals surface area contributed by atoms with Gasteiger partial charge in [-0.2, -0.15) is 0 Å². The van der Waals surface area contributed by atoms with Gasteiger partial charge in [0.1, 0.15) is 190 Å². The topological polar surface area (TPSA) is 760 Å². The number of aliphatic hydroxyl groups excluding tert-OH is 32. The summed E-state index contributed by atoms with van der Waals surface area (Å²) in [6.07, 6.45) is -45.5. The quantitative estimate of drug-likeness (QED) is 0.0814. The minimum atomic E-state index is -2.06. The Bertz CT molecular complexity index is 2220. The second-order valence-electron chi connectivity index (χ2n) is 26.1. The van der Waals surface area contributed by atoms with E-state index in [1.165, 1.54) is 20.8 Å². The van der Waals surface area contributed by atoms with Crippen LogP contribution in [0.5, 0.6) is 0 Å². The van der Waals surface area contributed by atoms with E-state index in [2.05, 4.69) is 0 Å². The number of ether oxygens (including phenoxy) is 10. The third-order valence-corrected chi connectivity index (χ3v) is 18.8. The first-order valence-corrected chi connectivity index (χ1v) is 33.1. The first kappa shape index (κ1) is 97.4. The average Bonchev–Trinajstić information content (AvgIpc) is 1.64. The van der Waals surface area contributed by atoms with E-state index in [4.69, 9.17) is 104 Å². The molecule has 103 heavy (non-hydrogen) atoms. The highest BCUT2D eigenvalue weighted by molar-refractivity contribution is 5.00. The average molecular weight is 1530 g/mol. The molecule has 0 aromatic carbocycles. The van der Waals surface area contributed by atoms with Gasteiger partial charge in [-0.05, 0) is 34.1 Å². The van der Waals surface area contributed by atoms with Gasteiger partial charge < -0.3 is 216 Å². The number of rotatable bonds is 13. The zero-order chi connectivity index (χ0) is 78.2. The summed E-state index contributed by atoms with van der Waals surface area (Å²) in [7, 11) is 0. The van der Waals surface area contributed by atoms with Crippen LogP contribution in [-0.4, -0.2) is 471 Å². The Labute approximate surface area is 592 Å². The molecule has 0 aromatic heterocycles. The van der Waals surface area contributed by atoms with Crippen molar-refractivity contribution in [2.45, 2.75) is 319 Å². The summed E-state index contributed by atoms with van der Waals surface area (Å²) in [6.45, 7) is 7.78. The van der Waals surface area contributed by atoms with Crippen molar-refractivity contribution in [1.82, 2.24) is 0 Å². The highest BCUT2D eigenvalue weighted by Gasteiger charge is 2.58. The first-order chi connectivity index (χ1) is 47.5. The molecular weight excluding hydrogens is 1410 g/mol. The fourth-order valence-electron chi connectivity index (χ4n) is 11.6. The summed E-state index contributed by atoms with van der Waals surface area (Å²) in [4.78, 5) is 0. The van der Waals surface area contributed by atoms with Crippen molar-refractivity contribution >= 4 is 0 Å². The normalized spacial score (nSPS) is 49.8. The Balaban J connectivity index is 0.000000418. The summed E-state index contributed by atoms with van der Waals surface area (Å²) in [6, 6.07) is 0. The van der Waals surface area contributed by atoms with Crippen LogP contribution in [0.1, 0.15) is 68.7 Å². The maximum atomic E-state index is 10.1. The van der Waals surface area contributed by atoms with E-state index < -0.39 is 276 Å². The van der Waals surface area contributed by atoms with Crippen molar-refractivity contribution < 1.29 is 216 Å². The van der Waals surface area contributed by atoms with E-state index in [0.717, 1.165) is 0 Å². The van der Waals surface area contributed by atoms with Gasteiger partial charge in [0.15, 0.2) is 18.4 Å². The predicted octanol–water partition coefficient (Wildman–Crippen LogP) is -17.2. The van der Waals surface area contributed by atoms with E-state index in [1.807, 2.05) is 0 Å². The molecule has 8 aliphatic heterocycles. The Morgan fingerprint density at radius 1 is 0.379 bits per heavy atom. The molecule has 0 radical (unpaired) electrons. The number of hydrogen-bond acceptors (Lipinski definition) is 43. The fourth-order valence-corrected chi connectivity index (χ4v) is 11.6. The Kier molecular flexibility index (Phi) is 41.4. The molecule has 8 heterocycles. The Morgan fingerprint density at radius 3 is 1.11 bits per heavy atom. The van der Waals surface area contributed by atoms with E-state index in [-0.39, 0.29) is 46.4 Å². The van der Waals surface area contributed by atoms with Crippen molar-refractivity contribution in [3.05, 3.63) is 0 Å². The van der Waals surface area contributed by atoms with Crippen LogP contribution in [0.3, 0.4) is 0 Å². The van der Waals surface area contributed by atoms with Crippen molar-refractivity contribution in [3.63, 3.8) is 0 Å². The molecule has 1 saturated carbocycles. The molecule has 33 N–H and O–H groups in total. The smallest absolute Gasteiger partial charge is 0.223 e. The molecule has 9 aliphatic rings. The van der Waals surface area contributed by atoms with E-state index in [9.17, 15) is 112 Å². The van der Waals surface area contributed by atoms with Gasteiger partial charge in [-0.15, -0.1) is 0 Å². The van der Waals surface area contributed by atoms with Crippen LogP contribution < -0.4 is 0 Å². The van der Waals surface area contributed by atoms with Crippen LogP contribution in [0.4, 0.5) is 0 Å². The lowest BCUT2D eigenvalue weighted by Gasteiger charge is -2.45. The minimum absolute atomic E-state index is 0. The second-order valence-corrected chi connectivity index (χ2v) is 26.1. The maximum absolute atomic E-state index is 10.1. The SMILES string of the molecule is C.CC1[C@H](O)[C@H](O)C(O)[C@H](O)[C@H]1O.CCC(O)C1OCC(O)C1O.CC[C@@]1(O)OC[C@@H](O)[C@H](O)C1O.C[C@@H]1O[C@H](CO)C(O)[C@@H]1O.C[C@H]1OC(CO)[C@@H](O)[C@@H](O)C1O.C[C@H]1OC(CO)[C@H](O[C@H]2OC(CO)[C@@H](O)[C@H](O)C2O)[C@H](O)C1O.C[C@H]1O[C@@](CO)(O[C@H]2OC(CO)[C@@H](O)[C@@H](O)C2O)C(O)[C@H]1O. The molecule has 0 bridgehead atoms. The molecule has 0 spiro atoms. The van der Waals surface area contributed by atoms with Gasteiger partial charge in [-0.1, -0.05) is 28.2 Å². The Morgan fingerprint density at radius 2 is 0.738 bits per heavy atom. The van der Waals surface area contributed by atoms with Crippen molar-refractivity contribution in [2.24, 2.45) is 5.92 Å². The lowest BCUT2D eigenvalue weighted by atomic mass is 9.80. The molecule has 9 fully saturated rings. The van der Waals surface area contributed by atoms with E-state index >= 15 is 0 Å². The van der Waals surface area contributed by atoms with E-state index in [0.29, 0.717) is 6.42 Å². The third kappa shape index (κ3) is 23.9. The molecule has 0 aromatic rings. The minimum Gasteiger partial charge on any atom is -0.394 e. The third-order valence-electron chi connectivity index (χ3n) is 18.8. The summed E-state index contributed by atoms with van der Waals surface area (Å²) in [5.41, 5.74) is 0. The molecule has 42 atom stereocenters. The highest BCUT2D eigenvalue weighted by Crippen LogP contribution is 2.37. The van der Waals surface area contributed by atoms with Gasteiger partial charge in [0.2, 0.25) is 5.79 Å². The summed E-state index contributed by atoms with van der Waals surface area (Å²) in [5, 5.41) is 309. The number of aliphatic hydroxyl groups is 33. The van der Waals surface area contributed by atoms with Crippen LogP contribution in [0.15, 0.2) is 0 Å². The molecule has 616 valence electrons. The van der Waals surface area contributed by atoms with Gasteiger partial charge in [0.25, 0.3) is 0 Å². The monoisotopic (exact) mass is 1530 g/mol. The molecule has 43 nitrogen and oxygen atoms in total. The molecule has 0 amide bonds. The fraction of sp³-hybridized carbons (Fsp3) is 1.00. The molecule has 9 rings (SSSR count). The van der Waals surface area contributed by atoms with Crippen LogP contribution >= 0.6 is 0 Å². The molecule has 8 saturated heterocycles. The summed E-state index contributed by atoms with van der Waals surface area (Å²) >= 11 is 0. The van der Waals surface area contributed by atoms with Crippen LogP contribution in [0, 0.1) is 5.92 Å². The maximum Gasteiger partial charge on any atom is 0.223 e. The van der Waals surface area contributed by atoms with Crippen molar-refractivity contribution in [3.8, 4) is 0 Å². The van der Waals surface area contributed by atoms with Gasteiger partial charge in [0, 0.05) is 12.3 Å². The van der Waals surface area contributed by atoms with Crippen LogP contribution in [0.2, 0.25) is 0 Å². The Hall–Kier alpha value is -1.72. The zero-order valence-electron chi connectivity index (χ0n) is 57.0. The van der Waals surface area contributed by atoms with Gasteiger partial charge >= 0.3 is 0 Å². The van der Waals surface area contributed by atoms with Gasteiger partial charge in [-0.25, -0.2) is 0 Å². The molecule has 1 aliphatic carbocycles. The van der Waals surface area contributed by atoms with Gasteiger partial charge in [-0.3, -0.25) is 0 Å². The molecular formula is C60H118O43. The highest BCUT2D eigenvalue weighted by atomic mass is 16.8. The van der Waals surface area contributed by atoms with Gasteiger partial charge in [0.05, 0.1) is 89.0 Å². The summed E-state index contributed by atoms with van der Waals surface area (Å²) in [5.74, 6) is -4.43. The standard InChI is InChI=1S/C13H24O10.C12H22O10.3C7H14O5.C7H14O4.C6H12O4.CH4/c1-4-7(16)10(19)12(6(3-15)21-4)23-13-11(20)9(18)8(17)5(2-14)22-13;1-4-6(15)10(19)12(3-14,21-4)22-11-9(18)8(17)7(16)5(2-13)20-11;1-3-5(9)7(11)6(10)4(2-8)12-3;1-2-7(11)6(10)5(9)4(8)3-12-7;1-2-3(8)5(10)7(12)6(11)4(2)9;1-2-4(8)7-6(10)5(9)3-11-7;1-3-5(8)6(9)4(2-7)10-3;/h4-20H,2-3H2,1H3;4-11,13-19H,2-3H2,1H3;3-11H,2H2,1H3;4-6,8-11H,2-3H2,1H3;2-12H,1H3;4-10H,2-3H2,1H3;3-9H,2H2,1H3;1H4/t4-,5?,6?,7?,8-,9+,10-,11?,12+,13-;4-,5?,6+,7-,8-,9?,10?,11-,12+;3-,4?,5?,6-,7+;4-,5+,6?,7-;2?,3-,4-,5-,6+,7?;;3-,4+,5+,6?;/m11110.0./s1. The van der Waals surface area contributed by atoms with Crippen LogP contribution in [0.25, 0.3) is 0 Å². The van der Waals surface area contributed by atoms with Crippen LogP contribution in [-0.2, 0) is 47.4 Å². The molecule has 43 heteroatoms. The predicted molar refractivity (Wildman–Crippen MR) is 335 cm³/mol. The lowest BCUT2D eigenvalue weighted by Crippen LogP contribution is -2.64. The summed E-state index contributed by atoms with van der Waals surface area (Å²) < 4.78 is 51.3. The molecule has 17 unspecified atom stereocenters. The van der Waals surface area contributed by atoms with Crippen molar-refractivity contribution in [1.29, 1.82) is 0 Å². The second kappa shape index (κ2) is 43.8. The van der Waals surface area contributed by atoms with Crippen molar-refractivity contribution in [2.75, 3.05) is 52.9 Å². The first-order valence-electron chi connectivity index (χ1n) is 33.1. The lowest BCUT2D eigenvalue weighted by molar-refractivity contribution is -0.382. The number of hydrogen-bond donors (Lipinski definition) is 33.